The van der Waals surface area contributed by atoms with E-state index in [2.05, 4.69) is 32.8 Å². The Morgan fingerprint density at radius 1 is 1.24 bits per heavy atom. The van der Waals surface area contributed by atoms with E-state index in [0.717, 1.165) is 72.0 Å². The summed E-state index contributed by atoms with van der Waals surface area (Å²) in [5.74, 6) is 1.63. The van der Waals surface area contributed by atoms with Crippen LogP contribution in [0.25, 0.3) is 11.3 Å². The molecular formula is C23H26N4O2. The number of rotatable bonds is 6. The maximum atomic E-state index is 12.5. The van der Waals surface area contributed by atoms with E-state index in [4.69, 9.17) is 4.74 Å². The van der Waals surface area contributed by atoms with Crippen LogP contribution in [0.5, 0.6) is 5.75 Å². The number of pyridine rings is 1. The molecule has 2 aromatic heterocycles. The molecule has 1 aliphatic heterocycles. The summed E-state index contributed by atoms with van der Waals surface area (Å²) in [7, 11) is 1.66. The predicted octanol–water partition coefficient (Wildman–Crippen LogP) is 3.35. The van der Waals surface area contributed by atoms with Crippen LogP contribution in [0, 0.1) is 0 Å². The highest BCUT2D eigenvalue weighted by atomic mass is 16.5. The van der Waals surface area contributed by atoms with Crippen molar-refractivity contribution in [1.29, 1.82) is 0 Å². The van der Waals surface area contributed by atoms with E-state index in [1.807, 2.05) is 36.5 Å². The van der Waals surface area contributed by atoms with E-state index in [0.29, 0.717) is 6.54 Å². The molecule has 1 N–H and O–H groups in total. The summed E-state index contributed by atoms with van der Waals surface area (Å²) in [6.07, 6.45) is 4.52. The van der Waals surface area contributed by atoms with Gasteiger partial charge in [0.2, 0.25) is 0 Å². The van der Waals surface area contributed by atoms with Crippen LogP contribution in [-0.4, -0.2) is 33.5 Å². The zero-order chi connectivity index (χ0) is 20.2. The quantitative estimate of drug-likeness (QED) is 0.699. The average Bonchev–Trinajstić information content (AvgIpc) is 2.75. The first-order valence-electron chi connectivity index (χ1n) is 10.1. The number of benzene rings is 1. The molecule has 4 rings (SSSR count). The lowest BCUT2D eigenvalue weighted by atomic mass is 10.1. The highest BCUT2D eigenvalue weighted by molar-refractivity contribution is 5.61. The summed E-state index contributed by atoms with van der Waals surface area (Å²) in [5, 5.41) is 0. The lowest BCUT2D eigenvalue weighted by Gasteiger charge is -2.27. The Morgan fingerprint density at radius 2 is 2.14 bits per heavy atom. The van der Waals surface area contributed by atoms with Crippen molar-refractivity contribution in [3.05, 3.63) is 75.6 Å². The Bertz CT molecular complexity index is 1040. The van der Waals surface area contributed by atoms with Crippen molar-refractivity contribution in [3.63, 3.8) is 0 Å². The lowest BCUT2D eigenvalue weighted by molar-refractivity contribution is 0.241. The number of H-pyrrole nitrogens is 1. The minimum atomic E-state index is 0.00893. The third-order valence-corrected chi connectivity index (χ3v) is 5.28. The molecule has 0 saturated carbocycles. The Kier molecular flexibility index (Phi) is 5.71. The van der Waals surface area contributed by atoms with Gasteiger partial charge < -0.3 is 9.72 Å². The van der Waals surface area contributed by atoms with Gasteiger partial charge >= 0.3 is 0 Å². The molecular weight excluding hydrogens is 364 g/mol. The molecule has 0 amide bonds. The number of nitrogens with one attached hydrogen (secondary N) is 1. The molecule has 0 saturated heterocycles. The van der Waals surface area contributed by atoms with Gasteiger partial charge in [-0.1, -0.05) is 25.1 Å². The van der Waals surface area contributed by atoms with E-state index < -0.39 is 0 Å². The third-order valence-electron chi connectivity index (χ3n) is 5.28. The van der Waals surface area contributed by atoms with E-state index in [-0.39, 0.29) is 5.56 Å². The number of aromatic amines is 1. The summed E-state index contributed by atoms with van der Waals surface area (Å²) in [6, 6.07) is 12.0. The molecule has 3 aromatic rings. The molecule has 0 aliphatic carbocycles. The Labute approximate surface area is 170 Å². The summed E-state index contributed by atoms with van der Waals surface area (Å²) < 4.78 is 5.29. The second kappa shape index (κ2) is 8.57. The van der Waals surface area contributed by atoms with Crippen LogP contribution in [0.4, 0.5) is 0 Å². The van der Waals surface area contributed by atoms with Crippen molar-refractivity contribution >= 4 is 0 Å². The van der Waals surface area contributed by atoms with Crippen LogP contribution in [0.3, 0.4) is 0 Å². The van der Waals surface area contributed by atoms with E-state index in [1.165, 1.54) is 0 Å². The van der Waals surface area contributed by atoms with Crippen molar-refractivity contribution in [2.75, 3.05) is 13.7 Å². The van der Waals surface area contributed by atoms with Gasteiger partial charge in [0.1, 0.15) is 11.6 Å². The number of hydrogen-bond acceptors (Lipinski definition) is 5. The monoisotopic (exact) mass is 390 g/mol. The smallest absolute Gasteiger partial charge is 0.255 e. The molecule has 6 nitrogen and oxygen atoms in total. The first-order valence-corrected chi connectivity index (χ1v) is 10.1. The van der Waals surface area contributed by atoms with Crippen molar-refractivity contribution in [2.24, 2.45) is 0 Å². The largest absolute Gasteiger partial charge is 0.497 e. The number of fused-ring (bicyclic) bond motifs is 1. The fraction of sp³-hybridized carbons (Fsp3) is 0.348. The minimum absolute atomic E-state index is 0.00893. The van der Waals surface area contributed by atoms with E-state index >= 15 is 0 Å². The lowest BCUT2D eigenvalue weighted by Crippen LogP contribution is -2.35. The van der Waals surface area contributed by atoms with E-state index in [9.17, 15) is 4.79 Å². The van der Waals surface area contributed by atoms with Gasteiger partial charge in [-0.2, -0.15) is 0 Å². The van der Waals surface area contributed by atoms with Gasteiger partial charge in [0, 0.05) is 44.2 Å². The molecule has 0 atom stereocenters. The van der Waals surface area contributed by atoms with Crippen molar-refractivity contribution < 1.29 is 4.74 Å². The van der Waals surface area contributed by atoms with Crippen LogP contribution in [-0.2, 0) is 25.9 Å². The second-order valence-electron chi connectivity index (χ2n) is 7.43. The normalized spacial score (nSPS) is 13.9. The molecule has 6 heteroatoms. The van der Waals surface area contributed by atoms with Crippen molar-refractivity contribution in [3.8, 4) is 17.0 Å². The number of nitrogens with zero attached hydrogens (tertiary/aromatic N) is 3. The highest BCUT2D eigenvalue weighted by Crippen LogP contribution is 2.23. The SMILES string of the molecule is CCCc1nc2c(c(=O)[nH]1)CN(Cc1ccc(-c3cccc(OC)c3)nc1)CC2. The van der Waals surface area contributed by atoms with Gasteiger partial charge in [-0.3, -0.25) is 14.7 Å². The molecule has 0 fully saturated rings. The van der Waals surface area contributed by atoms with Gasteiger partial charge in [0.15, 0.2) is 0 Å². The fourth-order valence-corrected chi connectivity index (χ4v) is 3.75. The number of aromatic nitrogens is 3. The molecule has 0 spiro atoms. The summed E-state index contributed by atoms with van der Waals surface area (Å²) in [5.41, 5.74) is 4.85. The average molecular weight is 390 g/mol. The van der Waals surface area contributed by atoms with Crippen molar-refractivity contribution in [1.82, 2.24) is 19.9 Å². The van der Waals surface area contributed by atoms with Crippen LogP contribution in [0.1, 0.15) is 36.0 Å². The van der Waals surface area contributed by atoms with Crippen LogP contribution < -0.4 is 10.3 Å². The second-order valence-corrected chi connectivity index (χ2v) is 7.43. The molecule has 0 bridgehead atoms. The molecule has 0 radical (unpaired) electrons. The van der Waals surface area contributed by atoms with Crippen LogP contribution >= 0.6 is 0 Å². The predicted molar refractivity (Wildman–Crippen MR) is 113 cm³/mol. The Balaban J connectivity index is 1.46. The highest BCUT2D eigenvalue weighted by Gasteiger charge is 2.21. The Morgan fingerprint density at radius 3 is 2.90 bits per heavy atom. The van der Waals surface area contributed by atoms with Crippen LogP contribution in [0.2, 0.25) is 0 Å². The standard InChI is InChI=1S/C23H26N4O2/c1-3-5-22-25-21-10-11-27(15-19(21)23(28)26-22)14-16-8-9-20(24-13-16)17-6-4-7-18(12-17)29-2/h4,6-9,12-13H,3,5,10-11,14-15H2,1-2H3,(H,25,26,28). The first kappa shape index (κ1) is 19.3. The van der Waals surface area contributed by atoms with Gasteiger partial charge in [0.25, 0.3) is 5.56 Å². The van der Waals surface area contributed by atoms with Gasteiger partial charge in [-0.25, -0.2) is 4.98 Å². The minimum Gasteiger partial charge on any atom is -0.497 e. The number of aryl methyl sites for hydroxylation is 1. The molecule has 3 heterocycles. The first-order chi connectivity index (χ1) is 14.2. The van der Waals surface area contributed by atoms with E-state index in [1.54, 1.807) is 7.11 Å². The summed E-state index contributed by atoms with van der Waals surface area (Å²) >= 11 is 0. The van der Waals surface area contributed by atoms with Gasteiger partial charge in [-0.05, 0) is 30.2 Å². The van der Waals surface area contributed by atoms with Gasteiger partial charge in [0.05, 0.1) is 24.1 Å². The molecule has 0 unspecified atom stereocenters. The maximum absolute atomic E-state index is 12.5. The zero-order valence-corrected chi connectivity index (χ0v) is 16.9. The van der Waals surface area contributed by atoms with Crippen LogP contribution in [0.15, 0.2) is 47.4 Å². The van der Waals surface area contributed by atoms with Crippen molar-refractivity contribution in [2.45, 2.75) is 39.3 Å². The third kappa shape index (κ3) is 4.38. The zero-order valence-electron chi connectivity index (χ0n) is 16.9. The maximum Gasteiger partial charge on any atom is 0.255 e. The number of hydrogen-bond donors (Lipinski definition) is 1. The summed E-state index contributed by atoms with van der Waals surface area (Å²) in [6.45, 7) is 4.38. The molecule has 150 valence electrons. The molecule has 1 aliphatic rings. The number of ether oxygens (including phenoxy) is 1. The Hall–Kier alpha value is -2.99. The topological polar surface area (TPSA) is 71.1 Å². The fourth-order valence-electron chi connectivity index (χ4n) is 3.75. The number of methoxy groups -OCH3 is 1. The molecule has 1 aromatic carbocycles. The molecule has 29 heavy (non-hydrogen) atoms. The van der Waals surface area contributed by atoms with Gasteiger partial charge in [-0.15, -0.1) is 0 Å². The summed E-state index contributed by atoms with van der Waals surface area (Å²) in [4.78, 5) is 27.0.